The lowest BCUT2D eigenvalue weighted by atomic mass is 10.1. The smallest absolute Gasteiger partial charge is 0.320 e. The predicted octanol–water partition coefficient (Wildman–Crippen LogP) is 2.29. The van der Waals surface area contributed by atoms with Gasteiger partial charge in [-0.05, 0) is 30.7 Å². The van der Waals surface area contributed by atoms with Crippen LogP contribution < -0.4 is 0 Å². The van der Waals surface area contributed by atoms with Gasteiger partial charge in [-0.15, -0.1) is 0 Å². The Morgan fingerprint density at radius 2 is 2.12 bits per heavy atom. The van der Waals surface area contributed by atoms with Gasteiger partial charge in [-0.2, -0.15) is 5.26 Å². The third-order valence-electron chi connectivity index (χ3n) is 2.20. The van der Waals surface area contributed by atoms with Crippen LogP contribution in [0, 0.1) is 17.6 Å². The number of hydrogen-bond acceptors (Lipinski definition) is 4. The van der Waals surface area contributed by atoms with E-state index in [4.69, 9.17) is 5.26 Å². The quantitative estimate of drug-likeness (QED) is 0.593. The average molecular weight is 235 g/mol. The van der Waals surface area contributed by atoms with Crippen LogP contribution in [0.3, 0.4) is 0 Å². The van der Waals surface area contributed by atoms with Gasteiger partial charge >= 0.3 is 5.97 Å². The number of thioether (sulfide) groups is 1. The summed E-state index contributed by atoms with van der Waals surface area (Å²) < 4.78 is 4.65. The Kier molecular flexibility index (Phi) is 4.87. The molecule has 0 amide bonds. The summed E-state index contributed by atoms with van der Waals surface area (Å²) in [5, 5.41) is 10.1. The third kappa shape index (κ3) is 3.59. The third-order valence-corrected chi connectivity index (χ3v) is 2.95. The Morgan fingerprint density at radius 3 is 2.62 bits per heavy atom. The molecule has 0 spiro atoms. The number of thiocyanates is 1. The summed E-state index contributed by atoms with van der Waals surface area (Å²) in [4.78, 5) is 11.4. The van der Waals surface area contributed by atoms with Crippen molar-refractivity contribution in [3.63, 3.8) is 0 Å². The monoisotopic (exact) mass is 235 g/mol. The van der Waals surface area contributed by atoms with E-state index in [0.717, 1.165) is 17.3 Å². The maximum absolute atomic E-state index is 11.4. The second kappa shape index (κ2) is 6.19. The lowest BCUT2D eigenvalue weighted by Gasteiger charge is -2.10. The molecule has 3 nitrogen and oxygen atoms in total. The first kappa shape index (κ1) is 12.6. The van der Waals surface area contributed by atoms with E-state index < -0.39 is 5.25 Å². The summed E-state index contributed by atoms with van der Waals surface area (Å²) in [5.41, 5.74) is 2.20. The molecule has 4 heteroatoms. The second-order valence-electron chi connectivity index (χ2n) is 3.41. The standard InChI is InChI=1S/C12H13NO2S/c1-9-3-5-10(6-4-9)7-11(16-8-13)12(14)15-2/h3-6,11H,7H2,1-2H3. The van der Waals surface area contributed by atoms with Crippen LogP contribution in [-0.4, -0.2) is 18.3 Å². The first-order chi connectivity index (χ1) is 7.67. The van der Waals surface area contributed by atoms with Crippen LogP contribution in [0.4, 0.5) is 0 Å². The van der Waals surface area contributed by atoms with Crippen LogP contribution in [0.25, 0.3) is 0 Å². The van der Waals surface area contributed by atoms with Crippen LogP contribution in [0.15, 0.2) is 24.3 Å². The van der Waals surface area contributed by atoms with E-state index in [1.165, 1.54) is 12.7 Å². The molecule has 0 heterocycles. The molecule has 16 heavy (non-hydrogen) atoms. The predicted molar refractivity (Wildman–Crippen MR) is 63.9 cm³/mol. The molecule has 0 aromatic heterocycles. The molecule has 0 N–H and O–H groups in total. The highest BCUT2D eigenvalue weighted by atomic mass is 32.2. The summed E-state index contributed by atoms with van der Waals surface area (Å²) in [7, 11) is 1.34. The number of nitrogens with zero attached hydrogens (tertiary/aromatic N) is 1. The van der Waals surface area contributed by atoms with Gasteiger partial charge < -0.3 is 4.74 Å². The summed E-state index contributed by atoms with van der Waals surface area (Å²) in [5.74, 6) is -0.355. The van der Waals surface area contributed by atoms with Gasteiger partial charge in [0.15, 0.2) is 0 Å². The molecular formula is C12H13NO2S. The molecule has 84 valence electrons. The van der Waals surface area contributed by atoms with E-state index in [2.05, 4.69) is 4.74 Å². The fourth-order valence-electron chi connectivity index (χ4n) is 1.31. The summed E-state index contributed by atoms with van der Waals surface area (Å²) >= 11 is 0.939. The van der Waals surface area contributed by atoms with Gasteiger partial charge in [0, 0.05) is 0 Å². The number of benzene rings is 1. The molecule has 0 bridgehead atoms. The van der Waals surface area contributed by atoms with Crippen molar-refractivity contribution in [2.24, 2.45) is 0 Å². The van der Waals surface area contributed by atoms with Crippen molar-refractivity contribution in [3.05, 3.63) is 35.4 Å². The Labute approximate surface area is 99.4 Å². The largest absolute Gasteiger partial charge is 0.468 e. The van der Waals surface area contributed by atoms with E-state index in [1.54, 1.807) is 0 Å². The number of carbonyl (C=O) groups is 1. The zero-order valence-electron chi connectivity index (χ0n) is 9.27. The van der Waals surface area contributed by atoms with Gasteiger partial charge in [-0.25, -0.2) is 0 Å². The minimum absolute atomic E-state index is 0.355. The molecule has 0 aliphatic heterocycles. The van der Waals surface area contributed by atoms with Gasteiger partial charge in [0.25, 0.3) is 0 Å². The molecule has 1 aromatic rings. The van der Waals surface area contributed by atoms with Gasteiger partial charge in [0.1, 0.15) is 10.7 Å². The van der Waals surface area contributed by atoms with Crippen molar-refractivity contribution >= 4 is 17.7 Å². The molecule has 0 saturated heterocycles. The van der Waals surface area contributed by atoms with Crippen molar-refractivity contribution in [1.29, 1.82) is 5.26 Å². The number of nitriles is 1. The molecule has 0 saturated carbocycles. The lowest BCUT2D eigenvalue weighted by molar-refractivity contribution is -0.139. The van der Waals surface area contributed by atoms with Gasteiger partial charge in [-0.3, -0.25) is 4.79 Å². The highest BCUT2D eigenvalue weighted by Crippen LogP contribution is 2.17. The normalized spacial score (nSPS) is 11.6. The number of ether oxygens (including phenoxy) is 1. The average Bonchev–Trinajstić information content (AvgIpc) is 2.30. The van der Waals surface area contributed by atoms with Crippen LogP contribution >= 0.6 is 11.8 Å². The fraction of sp³-hybridized carbons (Fsp3) is 0.333. The minimum Gasteiger partial charge on any atom is -0.468 e. The number of rotatable bonds is 4. The number of methoxy groups -OCH3 is 1. The summed E-state index contributed by atoms with van der Waals surface area (Å²) in [6, 6.07) is 7.90. The zero-order valence-corrected chi connectivity index (χ0v) is 10.1. The molecule has 1 unspecified atom stereocenters. The summed E-state index contributed by atoms with van der Waals surface area (Å²) in [6.45, 7) is 2.01. The fourth-order valence-corrected chi connectivity index (χ4v) is 1.90. The second-order valence-corrected chi connectivity index (χ2v) is 4.40. The van der Waals surface area contributed by atoms with Gasteiger partial charge in [0.05, 0.1) is 7.11 Å². The van der Waals surface area contributed by atoms with Crippen LogP contribution in [-0.2, 0) is 16.0 Å². The van der Waals surface area contributed by atoms with Gasteiger partial charge in [-0.1, -0.05) is 29.8 Å². The highest BCUT2D eigenvalue weighted by Gasteiger charge is 2.20. The molecule has 1 rings (SSSR count). The maximum Gasteiger partial charge on any atom is 0.320 e. The van der Waals surface area contributed by atoms with Crippen molar-refractivity contribution < 1.29 is 9.53 Å². The maximum atomic E-state index is 11.4. The molecule has 1 aromatic carbocycles. The number of aryl methyl sites for hydroxylation is 1. The SMILES string of the molecule is COC(=O)C(Cc1ccc(C)cc1)SC#N. The zero-order chi connectivity index (χ0) is 12.0. The number of carbonyl (C=O) groups excluding carboxylic acids is 1. The van der Waals surface area contributed by atoms with Crippen molar-refractivity contribution in [2.75, 3.05) is 7.11 Å². The van der Waals surface area contributed by atoms with Crippen LogP contribution in [0.5, 0.6) is 0 Å². The first-order valence-corrected chi connectivity index (χ1v) is 5.73. The molecule has 0 radical (unpaired) electrons. The Morgan fingerprint density at radius 1 is 1.50 bits per heavy atom. The number of esters is 1. The van der Waals surface area contributed by atoms with E-state index in [1.807, 2.05) is 36.6 Å². The highest BCUT2D eigenvalue weighted by molar-refractivity contribution is 8.04. The molecule has 1 atom stereocenters. The molecular weight excluding hydrogens is 222 g/mol. The minimum atomic E-state index is -0.447. The Balaban J connectivity index is 2.72. The van der Waals surface area contributed by atoms with Crippen molar-refractivity contribution in [1.82, 2.24) is 0 Å². The van der Waals surface area contributed by atoms with E-state index in [0.29, 0.717) is 6.42 Å². The lowest BCUT2D eigenvalue weighted by Crippen LogP contribution is -2.20. The van der Waals surface area contributed by atoms with E-state index in [9.17, 15) is 4.79 Å². The molecule has 0 aliphatic rings. The Bertz CT molecular complexity index is 394. The summed E-state index contributed by atoms with van der Waals surface area (Å²) in [6.07, 6.45) is 0.519. The van der Waals surface area contributed by atoms with Crippen molar-refractivity contribution in [3.8, 4) is 5.40 Å². The Hall–Kier alpha value is -1.47. The van der Waals surface area contributed by atoms with Crippen LogP contribution in [0.2, 0.25) is 0 Å². The van der Waals surface area contributed by atoms with E-state index in [-0.39, 0.29) is 5.97 Å². The van der Waals surface area contributed by atoms with Crippen LogP contribution in [0.1, 0.15) is 11.1 Å². The molecule has 0 fully saturated rings. The number of hydrogen-bond donors (Lipinski definition) is 0. The molecule has 0 aliphatic carbocycles. The van der Waals surface area contributed by atoms with Crippen molar-refractivity contribution in [2.45, 2.75) is 18.6 Å². The van der Waals surface area contributed by atoms with E-state index >= 15 is 0 Å². The van der Waals surface area contributed by atoms with Gasteiger partial charge in [0.2, 0.25) is 0 Å². The first-order valence-electron chi connectivity index (χ1n) is 4.85. The topological polar surface area (TPSA) is 50.1 Å².